The summed E-state index contributed by atoms with van der Waals surface area (Å²) in [6, 6.07) is 0. The molecule has 0 aromatic heterocycles. The molecular weight excluding hydrogens is 192 g/mol. The molecule has 1 fully saturated rings. The summed E-state index contributed by atoms with van der Waals surface area (Å²) >= 11 is 0. The highest BCUT2D eigenvalue weighted by Gasteiger charge is 2.16. The monoisotopic (exact) mass is 214 g/mol. The van der Waals surface area contributed by atoms with E-state index in [9.17, 15) is 4.79 Å². The van der Waals surface area contributed by atoms with Crippen LogP contribution < -0.4 is 5.32 Å². The maximum Gasteiger partial charge on any atom is 0.304 e. The summed E-state index contributed by atoms with van der Waals surface area (Å²) in [4.78, 5) is 12.7. The number of hydrogen-bond acceptors (Lipinski definition) is 3. The van der Waals surface area contributed by atoms with Crippen molar-refractivity contribution >= 4 is 5.97 Å². The van der Waals surface area contributed by atoms with Crippen LogP contribution >= 0.6 is 0 Å². The number of carboxylic acid groups (broad SMARTS) is 1. The van der Waals surface area contributed by atoms with Gasteiger partial charge in [-0.05, 0) is 38.4 Å². The van der Waals surface area contributed by atoms with Crippen LogP contribution in [-0.4, -0.2) is 48.7 Å². The van der Waals surface area contributed by atoms with Gasteiger partial charge in [-0.2, -0.15) is 0 Å². The zero-order valence-corrected chi connectivity index (χ0v) is 9.54. The number of carbonyl (C=O) groups is 1. The van der Waals surface area contributed by atoms with Gasteiger partial charge < -0.3 is 15.3 Å². The molecule has 1 heterocycles. The van der Waals surface area contributed by atoms with E-state index in [0.29, 0.717) is 12.5 Å². The van der Waals surface area contributed by atoms with Crippen molar-refractivity contribution < 1.29 is 9.90 Å². The fourth-order valence-corrected chi connectivity index (χ4v) is 2.08. The SMILES string of the molecule is CCN(CCC(=O)O)CC1CCCNC1. The third-order valence-electron chi connectivity index (χ3n) is 3.00. The minimum atomic E-state index is -0.699. The molecule has 88 valence electrons. The molecule has 0 aromatic rings. The summed E-state index contributed by atoms with van der Waals surface area (Å²) in [7, 11) is 0. The Hall–Kier alpha value is -0.610. The lowest BCUT2D eigenvalue weighted by molar-refractivity contribution is -0.137. The highest BCUT2D eigenvalue weighted by Crippen LogP contribution is 2.11. The topological polar surface area (TPSA) is 52.6 Å². The Morgan fingerprint density at radius 2 is 2.40 bits per heavy atom. The van der Waals surface area contributed by atoms with E-state index >= 15 is 0 Å². The predicted octanol–water partition coefficient (Wildman–Crippen LogP) is 0.783. The van der Waals surface area contributed by atoms with Gasteiger partial charge in [0.15, 0.2) is 0 Å². The van der Waals surface area contributed by atoms with Crippen molar-refractivity contribution in [3.8, 4) is 0 Å². The zero-order valence-electron chi connectivity index (χ0n) is 9.54. The van der Waals surface area contributed by atoms with E-state index in [1.165, 1.54) is 12.8 Å². The first kappa shape index (κ1) is 12.5. The summed E-state index contributed by atoms with van der Waals surface area (Å²) in [5.41, 5.74) is 0. The fourth-order valence-electron chi connectivity index (χ4n) is 2.08. The van der Waals surface area contributed by atoms with Crippen LogP contribution in [-0.2, 0) is 4.79 Å². The van der Waals surface area contributed by atoms with Gasteiger partial charge in [-0.25, -0.2) is 0 Å². The van der Waals surface area contributed by atoms with Gasteiger partial charge in [0.1, 0.15) is 0 Å². The van der Waals surface area contributed by atoms with Crippen LogP contribution in [0.1, 0.15) is 26.2 Å². The van der Waals surface area contributed by atoms with Crippen LogP contribution in [0.5, 0.6) is 0 Å². The van der Waals surface area contributed by atoms with Crippen LogP contribution in [0.15, 0.2) is 0 Å². The summed E-state index contributed by atoms with van der Waals surface area (Å²) in [5, 5.41) is 12.0. The smallest absolute Gasteiger partial charge is 0.304 e. The highest BCUT2D eigenvalue weighted by atomic mass is 16.4. The van der Waals surface area contributed by atoms with Gasteiger partial charge in [0.25, 0.3) is 0 Å². The minimum absolute atomic E-state index is 0.258. The molecule has 1 aliphatic rings. The Balaban J connectivity index is 2.22. The van der Waals surface area contributed by atoms with E-state index in [2.05, 4.69) is 17.1 Å². The highest BCUT2D eigenvalue weighted by molar-refractivity contribution is 5.66. The summed E-state index contributed by atoms with van der Waals surface area (Å²) < 4.78 is 0. The van der Waals surface area contributed by atoms with Gasteiger partial charge in [0, 0.05) is 13.1 Å². The molecule has 0 bridgehead atoms. The number of aliphatic carboxylic acids is 1. The van der Waals surface area contributed by atoms with E-state index < -0.39 is 5.97 Å². The van der Waals surface area contributed by atoms with E-state index in [1.807, 2.05) is 0 Å². The fraction of sp³-hybridized carbons (Fsp3) is 0.909. The van der Waals surface area contributed by atoms with Crippen molar-refractivity contribution in [2.24, 2.45) is 5.92 Å². The van der Waals surface area contributed by atoms with Crippen LogP contribution in [0.2, 0.25) is 0 Å². The third-order valence-corrected chi connectivity index (χ3v) is 3.00. The minimum Gasteiger partial charge on any atom is -0.481 e. The number of rotatable bonds is 6. The lowest BCUT2D eigenvalue weighted by atomic mass is 9.99. The lowest BCUT2D eigenvalue weighted by Gasteiger charge is -2.29. The first-order chi connectivity index (χ1) is 7.22. The number of nitrogens with one attached hydrogen (secondary N) is 1. The second kappa shape index (κ2) is 6.80. The molecule has 1 unspecified atom stereocenters. The molecule has 0 amide bonds. The number of carboxylic acids is 1. The maximum atomic E-state index is 10.5. The number of hydrogen-bond donors (Lipinski definition) is 2. The molecule has 1 rings (SSSR count). The molecule has 0 aromatic carbocycles. The molecule has 0 aliphatic carbocycles. The van der Waals surface area contributed by atoms with Crippen molar-refractivity contribution in [2.75, 3.05) is 32.7 Å². The Labute approximate surface area is 91.6 Å². The van der Waals surface area contributed by atoms with Crippen molar-refractivity contribution in [1.82, 2.24) is 10.2 Å². The second-order valence-corrected chi connectivity index (χ2v) is 4.25. The van der Waals surface area contributed by atoms with Gasteiger partial charge in [0.2, 0.25) is 0 Å². The summed E-state index contributed by atoms with van der Waals surface area (Å²) in [6.45, 7) is 6.99. The third kappa shape index (κ3) is 5.14. The van der Waals surface area contributed by atoms with Gasteiger partial charge >= 0.3 is 5.97 Å². The van der Waals surface area contributed by atoms with Gasteiger partial charge in [-0.3, -0.25) is 4.79 Å². The first-order valence-corrected chi connectivity index (χ1v) is 5.87. The van der Waals surface area contributed by atoms with Crippen LogP contribution in [0.3, 0.4) is 0 Å². The number of piperidine rings is 1. The molecule has 0 spiro atoms. The Morgan fingerprint density at radius 3 is 2.93 bits per heavy atom. The molecular formula is C11H22N2O2. The first-order valence-electron chi connectivity index (χ1n) is 5.87. The lowest BCUT2D eigenvalue weighted by Crippen LogP contribution is -2.39. The summed E-state index contributed by atoms with van der Waals surface area (Å²) in [5.74, 6) is 0.00251. The second-order valence-electron chi connectivity index (χ2n) is 4.25. The average molecular weight is 214 g/mol. The quantitative estimate of drug-likeness (QED) is 0.686. The summed E-state index contributed by atoms with van der Waals surface area (Å²) in [6.07, 6.45) is 2.78. The largest absolute Gasteiger partial charge is 0.481 e. The molecule has 15 heavy (non-hydrogen) atoms. The average Bonchev–Trinajstić information content (AvgIpc) is 2.25. The Bertz CT molecular complexity index is 191. The van der Waals surface area contributed by atoms with Crippen molar-refractivity contribution in [3.05, 3.63) is 0 Å². The maximum absolute atomic E-state index is 10.5. The molecule has 0 saturated carbocycles. The number of nitrogens with zero attached hydrogens (tertiary/aromatic N) is 1. The normalized spacial score (nSPS) is 21.9. The van der Waals surface area contributed by atoms with Crippen LogP contribution in [0, 0.1) is 5.92 Å². The zero-order chi connectivity index (χ0) is 11.1. The standard InChI is InChI=1S/C11H22N2O2/c1-2-13(7-5-11(14)15)9-10-4-3-6-12-8-10/h10,12H,2-9H2,1H3,(H,14,15). The van der Waals surface area contributed by atoms with Crippen molar-refractivity contribution in [2.45, 2.75) is 26.2 Å². The van der Waals surface area contributed by atoms with Gasteiger partial charge in [-0.1, -0.05) is 6.92 Å². The molecule has 4 heteroatoms. The van der Waals surface area contributed by atoms with Crippen LogP contribution in [0.25, 0.3) is 0 Å². The van der Waals surface area contributed by atoms with E-state index in [0.717, 1.165) is 26.2 Å². The molecule has 1 atom stereocenters. The van der Waals surface area contributed by atoms with Crippen LogP contribution in [0.4, 0.5) is 0 Å². The Kier molecular flexibility index (Phi) is 5.65. The van der Waals surface area contributed by atoms with E-state index in [1.54, 1.807) is 0 Å². The van der Waals surface area contributed by atoms with Crippen molar-refractivity contribution in [1.29, 1.82) is 0 Å². The van der Waals surface area contributed by atoms with Gasteiger partial charge in [0.05, 0.1) is 6.42 Å². The predicted molar refractivity (Wildman–Crippen MR) is 60.0 cm³/mol. The molecule has 2 N–H and O–H groups in total. The molecule has 1 aliphatic heterocycles. The van der Waals surface area contributed by atoms with Crippen molar-refractivity contribution in [3.63, 3.8) is 0 Å². The Morgan fingerprint density at radius 1 is 1.60 bits per heavy atom. The molecule has 1 saturated heterocycles. The van der Waals surface area contributed by atoms with Gasteiger partial charge in [-0.15, -0.1) is 0 Å². The van der Waals surface area contributed by atoms with E-state index in [-0.39, 0.29) is 6.42 Å². The molecule has 0 radical (unpaired) electrons. The van der Waals surface area contributed by atoms with E-state index in [4.69, 9.17) is 5.11 Å². The molecule has 4 nitrogen and oxygen atoms in total.